The minimum atomic E-state index is -1.04. The van der Waals surface area contributed by atoms with Gasteiger partial charge in [0.15, 0.2) is 0 Å². The van der Waals surface area contributed by atoms with E-state index in [2.05, 4.69) is 24.7 Å². The highest BCUT2D eigenvalue weighted by molar-refractivity contribution is 6.76. The van der Waals surface area contributed by atoms with Crippen molar-refractivity contribution in [1.29, 1.82) is 0 Å². The number of anilines is 1. The molecule has 2 rings (SSSR count). The molecule has 1 aromatic heterocycles. The van der Waals surface area contributed by atoms with Crippen LogP contribution >= 0.6 is 0 Å². The molecule has 114 valence electrons. The van der Waals surface area contributed by atoms with Crippen LogP contribution in [0.1, 0.15) is 6.42 Å². The lowest BCUT2D eigenvalue weighted by molar-refractivity contribution is 0.0761. The molecule has 0 aliphatic carbocycles. The van der Waals surface area contributed by atoms with Crippen LogP contribution in [0.15, 0.2) is 6.20 Å². The highest BCUT2D eigenvalue weighted by Gasteiger charge is 2.20. The number of aromatic nitrogens is 2. The van der Waals surface area contributed by atoms with Gasteiger partial charge < -0.3 is 19.9 Å². The molecule has 0 saturated carbocycles. The lowest BCUT2D eigenvalue weighted by Crippen LogP contribution is -2.22. The third kappa shape index (κ3) is 4.81. The lowest BCUT2D eigenvalue weighted by Gasteiger charge is -2.15. The predicted molar refractivity (Wildman–Crippen MR) is 80.6 cm³/mol. The fourth-order valence-corrected chi connectivity index (χ4v) is 2.63. The van der Waals surface area contributed by atoms with Gasteiger partial charge in [0.25, 0.3) is 5.88 Å². The summed E-state index contributed by atoms with van der Waals surface area (Å²) in [5.41, 5.74) is 6.44. The highest BCUT2D eigenvalue weighted by Crippen LogP contribution is 2.22. The Kier molecular flexibility index (Phi) is 5.06. The predicted octanol–water partition coefficient (Wildman–Crippen LogP) is 1.95. The summed E-state index contributed by atoms with van der Waals surface area (Å²) in [6, 6.07) is 1.15. The molecule has 1 aliphatic rings. The summed E-state index contributed by atoms with van der Waals surface area (Å²) in [5, 5.41) is 4.31. The van der Waals surface area contributed by atoms with Crippen molar-refractivity contribution in [3.8, 4) is 5.88 Å². The molecular formula is C13H25N3O3Si. The standard InChI is InChI=1S/C13H25N3O3Si/c1-20(2,3)7-6-18-10-16-8-12(14)13(15-16)19-11-4-5-17-9-11/h8,11H,4-7,9-10,14H2,1-3H3/t11-/m0/s1. The van der Waals surface area contributed by atoms with E-state index in [0.717, 1.165) is 25.7 Å². The number of nitrogen functional groups attached to an aromatic ring is 1. The van der Waals surface area contributed by atoms with Gasteiger partial charge in [-0.25, -0.2) is 4.68 Å². The van der Waals surface area contributed by atoms with Gasteiger partial charge >= 0.3 is 0 Å². The molecule has 1 fully saturated rings. The number of hydrogen-bond donors (Lipinski definition) is 1. The van der Waals surface area contributed by atoms with Gasteiger partial charge in [0.05, 0.1) is 19.4 Å². The Morgan fingerprint density at radius 3 is 2.95 bits per heavy atom. The molecule has 1 atom stereocenters. The molecule has 0 aromatic carbocycles. The first-order chi connectivity index (χ1) is 9.44. The van der Waals surface area contributed by atoms with Crippen molar-refractivity contribution in [2.45, 2.75) is 44.9 Å². The number of ether oxygens (including phenoxy) is 3. The average Bonchev–Trinajstić information content (AvgIpc) is 2.95. The van der Waals surface area contributed by atoms with Crippen molar-refractivity contribution < 1.29 is 14.2 Å². The van der Waals surface area contributed by atoms with Crippen LogP contribution in [0.25, 0.3) is 0 Å². The Balaban J connectivity index is 1.78. The summed E-state index contributed by atoms with van der Waals surface area (Å²) < 4.78 is 18.3. The van der Waals surface area contributed by atoms with Crippen molar-refractivity contribution in [3.05, 3.63) is 6.20 Å². The summed E-state index contributed by atoms with van der Waals surface area (Å²) in [6.45, 7) is 9.53. The molecular weight excluding hydrogens is 274 g/mol. The summed E-state index contributed by atoms with van der Waals surface area (Å²) in [6.07, 6.45) is 2.70. The van der Waals surface area contributed by atoms with Gasteiger partial charge in [-0.05, 0) is 6.04 Å². The van der Waals surface area contributed by atoms with E-state index >= 15 is 0 Å². The van der Waals surface area contributed by atoms with Gasteiger partial charge in [0, 0.05) is 21.1 Å². The van der Waals surface area contributed by atoms with Crippen LogP contribution in [-0.4, -0.2) is 43.8 Å². The van der Waals surface area contributed by atoms with Gasteiger partial charge in [-0.15, -0.1) is 5.10 Å². The number of nitrogens with two attached hydrogens (primary N) is 1. The smallest absolute Gasteiger partial charge is 0.256 e. The molecule has 0 bridgehead atoms. The molecule has 1 saturated heterocycles. The third-order valence-electron chi connectivity index (χ3n) is 3.14. The summed E-state index contributed by atoms with van der Waals surface area (Å²) in [4.78, 5) is 0. The van der Waals surface area contributed by atoms with Gasteiger partial charge in [-0.3, -0.25) is 0 Å². The number of nitrogens with zero attached hydrogens (tertiary/aromatic N) is 2. The van der Waals surface area contributed by atoms with Crippen LogP contribution in [-0.2, 0) is 16.2 Å². The fraction of sp³-hybridized carbons (Fsp3) is 0.769. The normalized spacial score (nSPS) is 19.4. The molecule has 1 aliphatic heterocycles. The maximum absolute atomic E-state index is 5.90. The van der Waals surface area contributed by atoms with Gasteiger partial charge in [-0.1, -0.05) is 19.6 Å². The largest absolute Gasteiger partial charge is 0.469 e. The molecule has 6 nitrogen and oxygen atoms in total. The second-order valence-electron chi connectivity index (χ2n) is 6.38. The molecule has 20 heavy (non-hydrogen) atoms. The van der Waals surface area contributed by atoms with E-state index in [1.165, 1.54) is 0 Å². The van der Waals surface area contributed by atoms with E-state index in [4.69, 9.17) is 19.9 Å². The van der Waals surface area contributed by atoms with Crippen molar-refractivity contribution in [2.75, 3.05) is 25.6 Å². The zero-order valence-corrected chi connectivity index (χ0v) is 13.6. The second kappa shape index (κ2) is 6.60. The van der Waals surface area contributed by atoms with Crippen LogP contribution in [0.3, 0.4) is 0 Å². The maximum atomic E-state index is 5.90. The van der Waals surface area contributed by atoms with Gasteiger partial charge in [0.2, 0.25) is 0 Å². The first-order valence-corrected chi connectivity index (χ1v) is 10.8. The van der Waals surface area contributed by atoms with E-state index in [1.807, 2.05) is 0 Å². The van der Waals surface area contributed by atoms with E-state index in [0.29, 0.717) is 24.9 Å². The topological polar surface area (TPSA) is 71.5 Å². The maximum Gasteiger partial charge on any atom is 0.256 e. The summed E-state index contributed by atoms with van der Waals surface area (Å²) in [7, 11) is -1.04. The lowest BCUT2D eigenvalue weighted by atomic mass is 10.3. The molecule has 2 N–H and O–H groups in total. The molecule has 0 spiro atoms. The van der Waals surface area contributed by atoms with Gasteiger partial charge in [-0.2, -0.15) is 0 Å². The minimum absolute atomic E-state index is 0.0634. The van der Waals surface area contributed by atoms with Crippen molar-refractivity contribution >= 4 is 13.8 Å². The van der Waals surface area contributed by atoms with E-state index in [9.17, 15) is 0 Å². The first-order valence-electron chi connectivity index (χ1n) is 7.09. The van der Waals surface area contributed by atoms with E-state index < -0.39 is 8.07 Å². The Morgan fingerprint density at radius 1 is 1.50 bits per heavy atom. The fourth-order valence-electron chi connectivity index (χ4n) is 1.88. The summed E-state index contributed by atoms with van der Waals surface area (Å²) in [5.74, 6) is 0.481. The van der Waals surface area contributed by atoms with Crippen LogP contribution in [0.2, 0.25) is 25.7 Å². The van der Waals surface area contributed by atoms with Crippen molar-refractivity contribution in [3.63, 3.8) is 0 Å². The third-order valence-corrected chi connectivity index (χ3v) is 4.84. The van der Waals surface area contributed by atoms with E-state index in [1.54, 1.807) is 10.9 Å². The molecule has 0 radical (unpaired) electrons. The first kappa shape index (κ1) is 15.3. The van der Waals surface area contributed by atoms with E-state index in [-0.39, 0.29) is 6.10 Å². The average molecular weight is 299 g/mol. The Bertz CT molecular complexity index is 425. The van der Waals surface area contributed by atoms with Crippen LogP contribution in [0.5, 0.6) is 5.88 Å². The number of rotatable bonds is 7. The minimum Gasteiger partial charge on any atom is -0.469 e. The van der Waals surface area contributed by atoms with Crippen molar-refractivity contribution in [2.24, 2.45) is 0 Å². The second-order valence-corrected chi connectivity index (χ2v) is 12.0. The molecule has 0 amide bonds. The van der Waals surface area contributed by atoms with Crippen LogP contribution < -0.4 is 10.5 Å². The van der Waals surface area contributed by atoms with Crippen LogP contribution in [0, 0.1) is 0 Å². The Hall–Kier alpha value is -1.05. The van der Waals surface area contributed by atoms with Crippen molar-refractivity contribution in [1.82, 2.24) is 9.78 Å². The molecule has 7 heteroatoms. The van der Waals surface area contributed by atoms with Crippen LogP contribution in [0.4, 0.5) is 5.69 Å². The number of hydrogen-bond acceptors (Lipinski definition) is 5. The monoisotopic (exact) mass is 299 g/mol. The molecule has 2 heterocycles. The molecule has 1 aromatic rings. The highest BCUT2D eigenvalue weighted by atomic mass is 28.3. The summed E-state index contributed by atoms with van der Waals surface area (Å²) >= 11 is 0. The molecule has 0 unspecified atom stereocenters. The Morgan fingerprint density at radius 2 is 2.30 bits per heavy atom. The Labute approximate surface area is 121 Å². The zero-order chi connectivity index (χ0) is 14.6. The quantitative estimate of drug-likeness (QED) is 0.615. The SMILES string of the molecule is C[Si](C)(C)CCOCn1cc(N)c(O[C@H]2CCOC2)n1. The zero-order valence-electron chi connectivity index (χ0n) is 12.6. The van der Waals surface area contributed by atoms with Gasteiger partial charge in [0.1, 0.15) is 18.5 Å².